The van der Waals surface area contributed by atoms with Crippen LogP contribution in [0.15, 0.2) is 11.6 Å². The van der Waals surface area contributed by atoms with Crippen molar-refractivity contribution in [3.63, 3.8) is 0 Å². The summed E-state index contributed by atoms with van der Waals surface area (Å²) in [5, 5.41) is 11.3. The SMILES string of the molecule is CC(=O)OC[C@@H](C)[C@H]1CC[C@H]2[C@@H]3CC=C4C[C@@H](OC(C)=O)C[C@H](O)[C@]4(C)[C@H]3CC[C@]12C. The molecule has 3 fully saturated rings. The molecule has 0 saturated heterocycles. The van der Waals surface area contributed by atoms with Crippen molar-refractivity contribution in [2.45, 2.75) is 91.8 Å². The molecule has 174 valence electrons. The lowest BCUT2D eigenvalue weighted by molar-refractivity contribution is -0.155. The van der Waals surface area contributed by atoms with Gasteiger partial charge in [-0.05, 0) is 67.1 Å². The summed E-state index contributed by atoms with van der Waals surface area (Å²) in [6, 6.07) is 0. The van der Waals surface area contributed by atoms with E-state index < -0.39 is 6.10 Å². The number of carbonyl (C=O) groups excluding carboxylic acids is 2. The van der Waals surface area contributed by atoms with Gasteiger partial charge in [-0.15, -0.1) is 0 Å². The maximum Gasteiger partial charge on any atom is 0.302 e. The summed E-state index contributed by atoms with van der Waals surface area (Å²) in [5.74, 6) is 2.25. The van der Waals surface area contributed by atoms with Crippen LogP contribution in [0, 0.1) is 40.4 Å². The van der Waals surface area contributed by atoms with Crippen LogP contribution >= 0.6 is 0 Å². The van der Waals surface area contributed by atoms with Crippen LogP contribution in [0.2, 0.25) is 0 Å². The molecule has 4 rings (SSSR count). The molecule has 3 saturated carbocycles. The van der Waals surface area contributed by atoms with Crippen LogP contribution in [0.3, 0.4) is 0 Å². The third-order valence-corrected chi connectivity index (χ3v) is 9.80. The van der Waals surface area contributed by atoms with Gasteiger partial charge in [0.1, 0.15) is 6.10 Å². The van der Waals surface area contributed by atoms with E-state index in [-0.39, 0.29) is 28.9 Å². The number of hydrogen-bond acceptors (Lipinski definition) is 5. The van der Waals surface area contributed by atoms with Crippen LogP contribution in [0.25, 0.3) is 0 Å². The van der Waals surface area contributed by atoms with Crippen molar-refractivity contribution in [2.24, 2.45) is 40.4 Å². The zero-order valence-electron chi connectivity index (χ0n) is 19.9. The molecule has 4 aliphatic rings. The number of ether oxygens (including phenoxy) is 2. The minimum Gasteiger partial charge on any atom is -0.466 e. The van der Waals surface area contributed by atoms with E-state index in [0.717, 1.165) is 19.3 Å². The van der Waals surface area contributed by atoms with E-state index in [1.165, 1.54) is 38.7 Å². The molecular formula is C26H40O5. The molecule has 0 bridgehead atoms. The predicted molar refractivity (Wildman–Crippen MR) is 118 cm³/mol. The first-order valence-electron chi connectivity index (χ1n) is 12.3. The summed E-state index contributed by atoms with van der Waals surface area (Å²) < 4.78 is 10.8. The van der Waals surface area contributed by atoms with E-state index in [0.29, 0.717) is 42.6 Å². The van der Waals surface area contributed by atoms with Gasteiger partial charge in [0.25, 0.3) is 0 Å². The molecule has 0 spiro atoms. The van der Waals surface area contributed by atoms with Gasteiger partial charge in [0, 0.05) is 32.1 Å². The first kappa shape index (κ1) is 22.8. The average molecular weight is 433 g/mol. The number of esters is 2. The number of carbonyl (C=O) groups is 2. The summed E-state index contributed by atoms with van der Waals surface area (Å²) in [6.45, 7) is 10.5. The highest BCUT2D eigenvalue weighted by Crippen LogP contribution is 2.67. The molecule has 5 heteroatoms. The minimum atomic E-state index is -0.464. The van der Waals surface area contributed by atoms with Crippen molar-refractivity contribution in [3.05, 3.63) is 11.6 Å². The number of aliphatic hydroxyl groups is 1. The van der Waals surface area contributed by atoms with Crippen LogP contribution in [-0.2, 0) is 19.1 Å². The second kappa shape index (κ2) is 8.20. The maximum atomic E-state index is 11.5. The van der Waals surface area contributed by atoms with Gasteiger partial charge in [0.2, 0.25) is 0 Å². The Kier molecular flexibility index (Phi) is 6.04. The maximum absolute atomic E-state index is 11.5. The van der Waals surface area contributed by atoms with E-state index >= 15 is 0 Å². The summed E-state index contributed by atoms with van der Waals surface area (Å²) in [7, 11) is 0. The summed E-state index contributed by atoms with van der Waals surface area (Å²) in [5.41, 5.74) is 1.38. The Morgan fingerprint density at radius 1 is 1.16 bits per heavy atom. The van der Waals surface area contributed by atoms with E-state index in [4.69, 9.17) is 9.47 Å². The number of allylic oxidation sites excluding steroid dienone is 1. The first-order valence-corrected chi connectivity index (χ1v) is 12.3. The lowest BCUT2D eigenvalue weighted by atomic mass is 9.46. The number of aliphatic hydroxyl groups excluding tert-OH is 1. The molecule has 0 unspecified atom stereocenters. The Morgan fingerprint density at radius 3 is 2.58 bits per heavy atom. The molecule has 0 aromatic heterocycles. The fraction of sp³-hybridized carbons (Fsp3) is 0.846. The van der Waals surface area contributed by atoms with Gasteiger partial charge in [0.15, 0.2) is 0 Å². The Balaban J connectivity index is 1.54. The highest BCUT2D eigenvalue weighted by molar-refractivity contribution is 5.66. The van der Waals surface area contributed by atoms with Gasteiger partial charge in [-0.1, -0.05) is 32.4 Å². The third kappa shape index (κ3) is 3.75. The van der Waals surface area contributed by atoms with Crippen molar-refractivity contribution >= 4 is 11.9 Å². The Bertz CT molecular complexity index is 759. The minimum absolute atomic E-state index is 0.188. The van der Waals surface area contributed by atoms with Gasteiger partial charge in [-0.25, -0.2) is 0 Å². The largest absolute Gasteiger partial charge is 0.466 e. The third-order valence-electron chi connectivity index (χ3n) is 9.80. The molecule has 0 aliphatic heterocycles. The first-order chi connectivity index (χ1) is 14.6. The van der Waals surface area contributed by atoms with Gasteiger partial charge in [0.05, 0.1) is 12.7 Å². The van der Waals surface area contributed by atoms with E-state index in [9.17, 15) is 14.7 Å². The van der Waals surface area contributed by atoms with Crippen molar-refractivity contribution in [3.8, 4) is 0 Å². The molecule has 1 N–H and O–H groups in total. The molecule has 0 heterocycles. The fourth-order valence-electron chi connectivity index (χ4n) is 8.35. The molecule has 31 heavy (non-hydrogen) atoms. The molecule has 0 amide bonds. The van der Waals surface area contributed by atoms with Crippen LogP contribution in [0.4, 0.5) is 0 Å². The van der Waals surface area contributed by atoms with Gasteiger partial charge >= 0.3 is 11.9 Å². The van der Waals surface area contributed by atoms with Gasteiger partial charge < -0.3 is 14.6 Å². The molecule has 0 radical (unpaired) electrons. The quantitative estimate of drug-likeness (QED) is 0.516. The van der Waals surface area contributed by atoms with Crippen LogP contribution < -0.4 is 0 Å². The summed E-state index contributed by atoms with van der Waals surface area (Å²) in [4.78, 5) is 22.8. The topological polar surface area (TPSA) is 72.8 Å². The monoisotopic (exact) mass is 432 g/mol. The lowest BCUT2D eigenvalue weighted by Crippen LogP contribution is -2.56. The molecular weight excluding hydrogens is 392 g/mol. The zero-order valence-corrected chi connectivity index (χ0v) is 19.9. The fourth-order valence-corrected chi connectivity index (χ4v) is 8.35. The van der Waals surface area contributed by atoms with Gasteiger partial charge in [-0.2, -0.15) is 0 Å². The molecule has 4 aliphatic carbocycles. The molecule has 0 aromatic carbocycles. The summed E-state index contributed by atoms with van der Waals surface area (Å²) >= 11 is 0. The van der Waals surface area contributed by atoms with Crippen molar-refractivity contribution < 1.29 is 24.2 Å². The highest BCUT2D eigenvalue weighted by atomic mass is 16.5. The Morgan fingerprint density at radius 2 is 1.90 bits per heavy atom. The van der Waals surface area contributed by atoms with E-state index in [1.54, 1.807) is 0 Å². The van der Waals surface area contributed by atoms with Crippen LogP contribution in [0.1, 0.15) is 79.6 Å². The Labute approximate surface area is 186 Å². The highest BCUT2D eigenvalue weighted by Gasteiger charge is 2.61. The van der Waals surface area contributed by atoms with Crippen molar-refractivity contribution in [1.82, 2.24) is 0 Å². The standard InChI is InChI=1S/C26H40O5/c1-15(14-30-16(2)27)21-8-9-22-20-7-6-18-12-19(31-17(3)28)13-24(29)26(18,5)23(20)10-11-25(21,22)4/h6,15,19-24,29H,7-14H2,1-5H3/t15-,19-,20+,21-,22+,23+,24+,25-,26+/m1/s1. The predicted octanol–water partition coefficient (Wildman–Crippen LogP) is 4.67. The number of hydrogen-bond donors (Lipinski definition) is 1. The number of fused-ring (bicyclic) bond motifs is 5. The Hall–Kier alpha value is -1.36. The van der Waals surface area contributed by atoms with E-state index in [1.807, 2.05) is 0 Å². The van der Waals surface area contributed by atoms with Gasteiger partial charge in [-0.3, -0.25) is 9.59 Å². The smallest absolute Gasteiger partial charge is 0.302 e. The lowest BCUT2D eigenvalue weighted by Gasteiger charge is -2.59. The zero-order chi connectivity index (χ0) is 22.6. The number of rotatable bonds is 4. The normalized spacial score (nSPS) is 44.9. The average Bonchev–Trinajstić information content (AvgIpc) is 3.04. The molecule has 9 atom stereocenters. The molecule has 0 aromatic rings. The van der Waals surface area contributed by atoms with Crippen LogP contribution in [-0.4, -0.2) is 35.9 Å². The second-order valence-electron chi connectivity index (χ2n) is 11.3. The summed E-state index contributed by atoms with van der Waals surface area (Å²) in [6.07, 6.45) is 8.84. The van der Waals surface area contributed by atoms with Crippen LogP contribution in [0.5, 0.6) is 0 Å². The van der Waals surface area contributed by atoms with E-state index in [2.05, 4.69) is 26.8 Å². The molecule has 5 nitrogen and oxygen atoms in total. The van der Waals surface area contributed by atoms with Crippen molar-refractivity contribution in [2.75, 3.05) is 6.61 Å². The second-order valence-corrected chi connectivity index (χ2v) is 11.3. The van der Waals surface area contributed by atoms with Crippen molar-refractivity contribution in [1.29, 1.82) is 0 Å².